The molecule has 1 aliphatic carbocycles. The van der Waals surface area contributed by atoms with E-state index in [0.717, 1.165) is 23.0 Å². The van der Waals surface area contributed by atoms with Gasteiger partial charge in [0, 0.05) is 6.04 Å². The lowest BCUT2D eigenvalue weighted by atomic mass is 10.5. The number of aryl methyl sites for hydroxylation is 1. The van der Waals surface area contributed by atoms with E-state index in [2.05, 4.69) is 10.2 Å². The third-order valence-corrected chi connectivity index (χ3v) is 3.23. The molecule has 5 nitrogen and oxygen atoms in total. The molecule has 1 fully saturated rings. The van der Waals surface area contributed by atoms with Gasteiger partial charge in [0.15, 0.2) is 0 Å². The summed E-state index contributed by atoms with van der Waals surface area (Å²) in [6.45, 7) is 4.44. The van der Waals surface area contributed by atoms with Crippen LogP contribution in [0.1, 0.15) is 24.8 Å². The van der Waals surface area contributed by atoms with Gasteiger partial charge in [-0.15, -0.1) is 10.2 Å². The second-order valence-electron chi connectivity index (χ2n) is 3.77. The molecular weight excluding hydrogens is 226 g/mol. The fraction of sp³-hybridized carbons (Fsp3) is 0.700. The number of carbonyl (C=O) groups is 1. The number of aromatic nitrogens is 2. The minimum Gasteiger partial charge on any atom is -0.465 e. The van der Waals surface area contributed by atoms with Gasteiger partial charge in [-0.25, -0.2) is 0 Å². The number of carbonyl (C=O) groups excluding carboxylic acids is 1. The number of hydrogen-bond acceptors (Lipinski definition) is 6. The Labute approximate surface area is 98.4 Å². The Kier molecular flexibility index (Phi) is 3.38. The Balaban J connectivity index is 2.03. The topological polar surface area (TPSA) is 55.3 Å². The third-order valence-electron chi connectivity index (χ3n) is 2.35. The van der Waals surface area contributed by atoms with Gasteiger partial charge >= 0.3 is 5.97 Å². The molecule has 0 N–H and O–H groups in total. The quantitative estimate of drug-likeness (QED) is 0.729. The van der Waals surface area contributed by atoms with E-state index in [9.17, 15) is 4.79 Å². The van der Waals surface area contributed by atoms with Crippen LogP contribution in [-0.4, -0.2) is 35.4 Å². The van der Waals surface area contributed by atoms with Gasteiger partial charge in [0.25, 0.3) is 0 Å². The van der Waals surface area contributed by atoms with Crippen molar-refractivity contribution in [2.24, 2.45) is 0 Å². The molecule has 0 aliphatic heterocycles. The summed E-state index contributed by atoms with van der Waals surface area (Å²) in [7, 11) is 0. The largest absolute Gasteiger partial charge is 0.465 e. The predicted molar refractivity (Wildman–Crippen MR) is 61.6 cm³/mol. The maximum absolute atomic E-state index is 11.5. The lowest BCUT2D eigenvalue weighted by Gasteiger charge is -2.19. The second kappa shape index (κ2) is 4.78. The number of ether oxygens (including phenoxy) is 1. The first-order valence-electron chi connectivity index (χ1n) is 5.43. The summed E-state index contributed by atoms with van der Waals surface area (Å²) in [5, 5.41) is 9.80. The van der Waals surface area contributed by atoms with E-state index >= 15 is 0 Å². The highest BCUT2D eigenvalue weighted by Crippen LogP contribution is 2.32. The molecule has 0 unspecified atom stereocenters. The molecule has 2 rings (SSSR count). The average Bonchev–Trinajstić information content (AvgIpc) is 2.98. The number of rotatable bonds is 5. The monoisotopic (exact) mass is 241 g/mol. The van der Waals surface area contributed by atoms with E-state index in [1.807, 2.05) is 18.7 Å². The minimum absolute atomic E-state index is 0.192. The van der Waals surface area contributed by atoms with E-state index < -0.39 is 0 Å². The summed E-state index contributed by atoms with van der Waals surface area (Å²) in [5.41, 5.74) is 0. The molecule has 1 aliphatic rings. The molecule has 1 saturated carbocycles. The smallest absolute Gasteiger partial charge is 0.325 e. The minimum atomic E-state index is -0.192. The summed E-state index contributed by atoms with van der Waals surface area (Å²) >= 11 is 1.52. The molecule has 0 bridgehead atoms. The van der Waals surface area contributed by atoms with Crippen molar-refractivity contribution in [1.29, 1.82) is 0 Å². The van der Waals surface area contributed by atoms with Gasteiger partial charge < -0.3 is 9.64 Å². The van der Waals surface area contributed by atoms with Gasteiger partial charge in [-0.2, -0.15) is 0 Å². The molecule has 1 heterocycles. The first-order valence-corrected chi connectivity index (χ1v) is 6.24. The summed E-state index contributed by atoms with van der Waals surface area (Å²) in [6.07, 6.45) is 2.25. The van der Waals surface area contributed by atoms with E-state index in [1.165, 1.54) is 11.3 Å². The first kappa shape index (κ1) is 11.3. The zero-order valence-corrected chi connectivity index (χ0v) is 10.3. The van der Waals surface area contributed by atoms with Gasteiger partial charge in [-0.05, 0) is 26.7 Å². The Morgan fingerprint density at radius 1 is 1.56 bits per heavy atom. The highest BCUT2D eigenvalue weighted by Gasteiger charge is 2.32. The van der Waals surface area contributed by atoms with Crippen LogP contribution >= 0.6 is 11.3 Å². The number of hydrogen-bond donors (Lipinski definition) is 0. The molecule has 0 spiro atoms. The fourth-order valence-electron chi connectivity index (χ4n) is 1.49. The average molecular weight is 241 g/mol. The van der Waals surface area contributed by atoms with Crippen molar-refractivity contribution in [3.8, 4) is 0 Å². The van der Waals surface area contributed by atoms with Crippen LogP contribution in [0.4, 0.5) is 5.13 Å². The molecule has 1 aromatic rings. The molecule has 0 amide bonds. The molecule has 6 heteroatoms. The van der Waals surface area contributed by atoms with Gasteiger partial charge in [0.1, 0.15) is 11.6 Å². The highest BCUT2D eigenvalue weighted by atomic mass is 32.1. The van der Waals surface area contributed by atoms with Gasteiger partial charge in [-0.1, -0.05) is 11.3 Å². The van der Waals surface area contributed by atoms with Crippen LogP contribution in [0.25, 0.3) is 0 Å². The predicted octanol–water partition coefficient (Wildman–Crippen LogP) is 1.38. The number of anilines is 1. The summed E-state index contributed by atoms with van der Waals surface area (Å²) in [4.78, 5) is 13.5. The SMILES string of the molecule is CCOC(=O)CN(c1nnc(C)s1)C1CC1. The first-order chi connectivity index (χ1) is 7.70. The van der Waals surface area contributed by atoms with Crippen LogP contribution < -0.4 is 4.90 Å². The van der Waals surface area contributed by atoms with Crippen molar-refractivity contribution in [2.45, 2.75) is 32.7 Å². The van der Waals surface area contributed by atoms with E-state index in [-0.39, 0.29) is 12.5 Å². The van der Waals surface area contributed by atoms with E-state index in [0.29, 0.717) is 12.6 Å². The van der Waals surface area contributed by atoms with Crippen LogP contribution in [0, 0.1) is 6.92 Å². The number of esters is 1. The highest BCUT2D eigenvalue weighted by molar-refractivity contribution is 7.15. The van der Waals surface area contributed by atoms with Crippen LogP contribution in [0.5, 0.6) is 0 Å². The lowest BCUT2D eigenvalue weighted by Crippen LogP contribution is -2.32. The maximum Gasteiger partial charge on any atom is 0.325 e. The molecule has 1 aromatic heterocycles. The van der Waals surface area contributed by atoms with E-state index in [1.54, 1.807) is 0 Å². The van der Waals surface area contributed by atoms with Crippen molar-refractivity contribution in [3.05, 3.63) is 5.01 Å². The second-order valence-corrected chi connectivity index (χ2v) is 4.93. The molecule has 0 atom stereocenters. The van der Waals surface area contributed by atoms with Crippen LogP contribution in [0.3, 0.4) is 0 Å². The standard InChI is InChI=1S/C10H15N3O2S/c1-3-15-9(14)6-13(8-4-5-8)10-12-11-7(2)16-10/h8H,3-6H2,1-2H3. The molecule has 0 aromatic carbocycles. The summed E-state index contributed by atoms with van der Waals surface area (Å²) < 4.78 is 4.95. The Bertz CT molecular complexity index is 376. The van der Waals surface area contributed by atoms with Crippen molar-refractivity contribution in [3.63, 3.8) is 0 Å². The fourth-order valence-corrected chi connectivity index (χ4v) is 2.25. The summed E-state index contributed by atoms with van der Waals surface area (Å²) in [5.74, 6) is -0.192. The molecule has 0 radical (unpaired) electrons. The maximum atomic E-state index is 11.5. The molecule has 88 valence electrons. The normalized spacial score (nSPS) is 14.9. The van der Waals surface area contributed by atoms with Crippen LogP contribution in [0.15, 0.2) is 0 Å². The van der Waals surface area contributed by atoms with Gasteiger partial charge in [-0.3, -0.25) is 4.79 Å². The number of nitrogens with zero attached hydrogens (tertiary/aromatic N) is 3. The Morgan fingerprint density at radius 2 is 2.31 bits per heavy atom. The molecule has 0 saturated heterocycles. The van der Waals surface area contributed by atoms with E-state index in [4.69, 9.17) is 4.74 Å². The Hall–Kier alpha value is -1.17. The van der Waals surface area contributed by atoms with Gasteiger partial charge in [0.2, 0.25) is 5.13 Å². The zero-order chi connectivity index (χ0) is 11.5. The van der Waals surface area contributed by atoms with Crippen LogP contribution in [0.2, 0.25) is 0 Å². The Morgan fingerprint density at radius 3 is 2.81 bits per heavy atom. The molecule has 16 heavy (non-hydrogen) atoms. The summed E-state index contributed by atoms with van der Waals surface area (Å²) in [6, 6.07) is 0.441. The lowest BCUT2D eigenvalue weighted by molar-refractivity contribution is -0.141. The van der Waals surface area contributed by atoms with Crippen LogP contribution in [-0.2, 0) is 9.53 Å². The zero-order valence-electron chi connectivity index (χ0n) is 9.47. The van der Waals surface area contributed by atoms with Crippen molar-refractivity contribution in [1.82, 2.24) is 10.2 Å². The van der Waals surface area contributed by atoms with Crippen molar-refractivity contribution < 1.29 is 9.53 Å². The molecular formula is C10H15N3O2S. The van der Waals surface area contributed by atoms with Crippen molar-refractivity contribution >= 4 is 22.4 Å². The van der Waals surface area contributed by atoms with Crippen molar-refractivity contribution in [2.75, 3.05) is 18.1 Å². The third kappa shape index (κ3) is 2.69. The van der Waals surface area contributed by atoms with Gasteiger partial charge in [0.05, 0.1) is 6.61 Å².